The second-order valence-corrected chi connectivity index (χ2v) is 23.4. The summed E-state index contributed by atoms with van der Waals surface area (Å²) in [4.78, 5) is 29.6. The molecule has 0 radical (unpaired) electrons. The Morgan fingerprint density at radius 1 is 0.414 bits per heavy atom. The lowest BCUT2D eigenvalue weighted by molar-refractivity contribution is 0.445. The molecule has 0 amide bonds. The van der Waals surface area contributed by atoms with Gasteiger partial charge in [0.15, 0.2) is 0 Å². The molecule has 10 nitrogen and oxygen atoms in total. The predicted molar refractivity (Wildman–Crippen MR) is 286 cm³/mol. The largest absolute Gasteiger partial charge is 0.507 e. The third-order valence-electron chi connectivity index (χ3n) is 13.7. The van der Waals surface area contributed by atoms with Crippen molar-refractivity contribution in [2.75, 3.05) is 0 Å². The van der Waals surface area contributed by atoms with Crippen molar-refractivity contribution < 1.29 is 10.2 Å². The molecule has 4 aromatic carbocycles. The zero-order chi connectivity index (χ0) is 50.6. The molecule has 0 unspecified atom stereocenters. The molecule has 0 aliphatic heterocycles. The number of benzene rings is 4. The maximum absolute atomic E-state index is 11.9. The first-order valence-electron chi connectivity index (χ1n) is 24.1. The first kappa shape index (κ1) is 47.8. The average Bonchev–Trinajstić information content (AvgIpc) is 3.80. The number of aryl methyl sites for hydroxylation is 4. The van der Waals surface area contributed by atoms with Crippen LogP contribution >= 0.6 is 0 Å². The molecule has 10 heteroatoms. The van der Waals surface area contributed by atoms with Crippen molar-refractivity contribution in [3.63, 3.8) is 0 Å². The van der Waals surface area contributed by atoms with Gasteiger partial charge in [0.2, 0.25) is 0 Å². The van der Waals surface area contributed by atoms with Crippen LogP contribution in [0.15, 0.2) is 97.8 Å². The average molecular weight is 931 g/mol. The standard InChI is InChI=1S/C60H66N8O2/c1-33-17-35(43-28-61-30-49-51(43)65-55(67(49)15)41-23-39(57(3,4)5)25-45(53(41)69)59(9,10)11)21-37(19-33)47-27-48(64-32-63-47)38-20-34(2)18-36(22-38)44-29-62-31-50-52(44)66-56(68(50)16)42-24-40(58(6,7)8)26-46(54(42)70)60(12,13)14/h17-32,69-70H,1-16H3. The molecule has 2 N–H and O–H groups in total. The number of nitrogens with zero attached hydrogens (tertiary/aromatic N) is 8. The maximum Gasteiger partial charge on any atom is 0.144 e. The molecular weight excluding hydrogens is 865 g/mol. The van der Waals surface area contributed by atoms with Crippen molar-refractivity contribution in [2.45, 2.75) is 119 Å². The van der Waals surface area contributed by atoms with Gasteiger partial charge in [-0.3, -0.25) is 9.97 Å². The number of imidazole rings is 2. The zero-order valence-electron chi connectivity index (χ0n) is 43.7. The van der Waals surface area contributed by atoms with E-state index in [1.807, 2.05) is 54.1 Å². The smallest absolute Gasteiger partial charge is 0.144 e. The van der Waals surface area contributed by atoms with E-state index >= 15 is 0 Å². The summed E-state index contributed by atoms with van der Waals surface area (Å²) < 4.78 is 4.07. The number of hydrogen-bond acceptors (Lipinski definition) is 8. The van der Waals surface area contributed by atoms with Gasteiger partial charge in [-0.1, -0.05) is 107 Å². The molecule has 0 saturated carbocycles. The van der Waals surface area contributed by atoms with Crippen molar-refractivity contribution in [1.82, 2.24) is 39.0 Å². The lowest BCUT2D eigenvalue weighted by Crippen LogP contribution is -2.17. The lowest BCUT2D eigenvalue weighted by atomic mass is 9.79. The molecule has 0 saturated heterocycles. The van der Waals surface area contributed by atoms with E-state index in [0.717, 1.165) is 100 Å². The van der Waals surface area contributed by atoms with E-state index in [1.54, 1.807) is 6.33 Å². The highest BCUT2D eigenvalue weighted by molar-refractivity contribution is 5.96. The van der Waals surface area contributed by atoms with Gasteiger partial charge in [-0.15, -0.1) is 0 Å². The number of aromatic hydroxyl groups is 2. The van der Waals surface area contributed by atoms with Gasteiger partial charge in [-0.05, 0) is 111 Å². The number of pyridine rings is 2. The molecule has 5 aromatic heterocycles. The van der Waals surface area contributed by atoms with Crippen LogP contribution in [0.4, 0.5) is 0 Å². The van der Waals surface area contributed by atoms with Crippen LogP contribution in [0.25, 0.3) is 89.6 Å². The minimum Gasteiger partial charge on any atom is -0.507 e. The summed E-state index contributed by atoms with van der Waals surface area (Å²) in [5, 5.41) is 23.7. The molecule has 358 valence electrons. The molecule has 70 heavy (non-hydrogen) atoms. The van der Waals surface area contributed by atoms with Crippen LogP contribution in [-0.2, 0) is 35.8 Å². The Morgan fingerprint density at radius 3 is 1.14 bits per heavy atom. The second-order valence-electron chi connectivity index (χ2n) is 23.4. The maximum atomic E-state index is 11.9. The predicted octanol–water partition coefficient (Wildman–Crippen LogP) is 14.3. The molecule has 5 heterocycles. The molecular formula is C60H66N8O2. The van der Waals surface area contributed by atoms with Crippen molar-refractivity contribution in [2.24, 2.45) is 14.1 Å². The van der Waals surface area contributed by atoms with E-state index in [0.29, 0.717) is 22.8 Å². The highest BCUT2D eigenvalue weighted by atomic mass is 16.3. The van der Waals surface area contributed by atoms with Gasteiger partial charge in [0.05, 0.1) is 45.9 Å². The third-order valence-corrected chi connectivity index (χ3v) is 13.7. The van der Waals surface area contributed by atoms with Crippen LogP contribution in [0.5, 0.6) is 11.5 Å². The number of phenolic OH excluding ortho intramolecular Hbond substituents is 2. The number of aromatic nitrogens is 8. The highest BCUT2D eigenvalue weighted by Gasteiger charge is 2.30. The van der Waals surface area contributed by atoms with Crippen LogP contribution in [0.2, 0.25) is 0 Å². The summed E-state index contributed by atoms with van der Waals surface area (Å²) in [7, 11) is 3.98. The van der Waals surface area contributed by atoms with Crippen LogP contribution < -0.4 is 0 Å². The van der Waals surface area contributed by atoms with Gasteiger partial charge in [0.1, 0.15) is 40.5 Å². The van der Waals surface area contributed by atoms with Gasteiger partial charge in [0.25, 0.3) is 0 Å². The molecule has 0 aliphatic carbocycles. The number of fused-ring (bicyclic) bond motifs is 2. The van der Waals surface area contributed by atoms with Gasteiger partial charge in [-0.2, -0.15) is 0 Å². The van der Waals surface area contributed by atoms with Crippen molar-refractivity contribution in [1.29, 1.82) is 0 Å². The van der Waals surface area contributed by atoms with E-state index in [-0.39, 0.29) is 33.2 Å². The van der Waals surface area contributed by atoms with Crippen LogP contribution in [0, 0.1) is 13.8 Å². The van der Waals surface area contributed by atoms with Crippen molar-refractivity contribution in [3.05, 3.63) is 131 Å². The van der Waals surface area contributed by atoms with E-state index in [9.17, 15) is 10.2 Å². The van der Waals surface area contributed by atoms with Gasteiger partial charge < -0.3 is 19.3 Å². The Kier molecular flexibility index (Phi) is 11.4. The zero-order valence-corrected chi connectivity index (χ0v) is 43.7. The molecule has 9 aromatic rings. The Morgan fingerprint density at radius 2 is 0.786 bits per heavy atom. The molecule has 0 atom stereocenters. The molecule has 0 aliphatic rings. The third kappa shape index (κ3) is 8.62. The Hall–Kier alpha value is -7.20. The topological polar surface area (TPSA) is 128 Å². The molecule has 0 bridgehead atoms. The van der Waals surface area contributed by atoms with Crippen LogP contribution in [-0.4, -0.2) is 49.3 Å². The highest BCUT2D eigenvalue weighted by Crippen LogP contribution is 2.45. The van der Waals surface area contributed by atoms with Crippen LogP contribution in [0.3, 0.4) is 0 Å². The van der Waals surface area contributed by atoms with Crippen molar-refractivity contribution in [3.8, 4) is 79.0 Å². The number of hydrogen-bond donors (Lipinski definition) is 2. The Balaban J connectivity index is 1.11. The second kappa shape index (κ2) is 16.7. The van der Waals surface area contributed by atoms with Gasteiger partial charge in [0, 0.05) is 59.9 Å². The minimum atomic E-state index is -0.280. The van der Waals surface area contributed by atoms with Crippen LogP contribution in [0.1, 0.15) is 116 Å². The quantitative estimate of drug-likeness (QED) is 0.169. The van der Waals surface area contributed by atoms with E-state index in [4.69, 9.17) is 29.9 Å². The molecule has 0 spiro atoms. The fourth-order valence-electron chi connectivity index (χ4n) is 9.57. The van der Waals surface area contributed by atoms with E-state index in [1.165, 1.54) is 0 Å². The van der Waals surface area contributed by atoms with Crippen molar-refractivity contribution >= 4 is 22.1 Å². The summed E-state index contributed by atoms with van der Waals surface area (Å²) in [5.74, 6) is 1.86. The minimum absolute atomic E-state index is 0.139. The monoisotopic (exact) mass is 931 g/mol. The van der Waals surface area contributed by atoms with E-state index < -0.39 is 0 Å². The Bertz CT molecular complexity index is 3320. The summed E-state index contributed by atoms with van der Waals surface area (Å²) in [5.41, 5.74) is 17.2. The number of phenols is 2. The first-order chi connectivity index (χ1) is 32.7. The SMILES string of the molecule is Cc1cc(-c2cc(-c3cc(C)cc(-c4cncc5c4nc(-c4cc(C(C)(C)C)cc(C(C)(C)C)c4O)n5C)c3)ncn2)cc(-c2cncc3c2nc(-c2cc(C(C)(C)C)cc(C(C)(C)C)c2O)n3C)c1. The summed E-state index contributed by atoms with van der Waals surface area (Å²) in [6.45, 7) is 30.1. The fourth-order valence-corrected chi connectivity index (χ4v) is 9.57. The summed E-state index contributed by atoms with van der Waals surface area (Å²) in [6.07, 6.45) is 9.06. The normalized spacial score (nSPS) is 12.7. The fraction of sp³-hybridized carbons (Fsp3) is 0.333. The Labute approximate surface area is 412 Å². The van der Waals surface area contributed by atoms with Gasteiger partial charge in [-0.25, -0.2) is 19.9 Å². The summed E-state index contributed by atoms with van der Waals surface area (Å²) in [6, 6.07) is 23.4. The summed E-state index contributed by atoms with van der Waals surface area (Å²) >= 11 is 0. The number of rotatable bonds is 6. The molecule has 0 fully saturated rings. The first-order valence-corrected chi connectivity index (χ1v) is 24.1. The van der Waals surface area contributed by atoms with E-state index in [2.05, 4.69) is 158 Å². The van der Waals surface area contributed by atoms with Gasteiger partial charge >= 0.3 is 0 Å². The lowest BCUT2D eigenvalue weighted by Gasteiger charge is -2.27. The molecule has 9 rings (SSSR count).